The van der Waals surface area contributed by atoms with Crippen LogP contribution in [-0.2, 0) is 13.1 Å². The molecule has 3 aromatic rings. The van der Waals surface area contributed by atoms with E-state index >= 15 is 0 Å². The number of benzene rings is 3. The van der Waals surface area contributed by atoms with Gasteiger partial charge in [-0.25, -0.2) is 8.78 Å². The normalized spacial score (nSPS) is 17.8. The molecule has 0 aromatic heterocycles. The van der Waals surface area contributed by atoms with Gasteiger partial charge >= 0.3 is 0 Å². The number of ether oxygens (including phenoxy) is 1. The average Bonchev–Trinajstić information content (AvgIpc) is 2.94. The molecule has 0 saturated carbocycles. The van der Waals surface area contributed by atoms with Gasteiger partial charge in [0.2, 0.25) is 0 Å². The first kappa shape index (κ1) is 26.3. The van der Waals surface area contributed by atoms with Crippen molar-refractivity contribution in [2.75, 3.05) is 26.2 Å². The highest BCUT2D eigenvalue weighted by Gasteiger charge is 2.24. The van der Waals surface area contributed by atoms with Gasteiger partial charge in [0, 0.05) is 50.9 Å². The number of likely N-dealkylation sites (tertiary alicyclic amines) is 2. The number of hydrogen-bond acceptors (Lipinski definition) is 4. The Hall–Kier alpha value is -3.29. The van der Waals surface area contributed by atoms with Gasteiger partial charge in [-0.05, 0) is 67.1 Å². The molecule has 2 heterocycles. The van der Waals surface area contributed by atoms with Crippen molar-refractivity contribution in [2.45, 2.75) is 50.9 Å². The summed E-state index contributed by atoms with van der Waals surface area (Å²) < 4.78 is 33.9. The second kappa shape index (κ2) is 12.5. The molecule has 2 saturated heterocycles. The van der Waals surface area contributed by atoms with Gasteiger partial charge in [-0.2, -0.15) is 0 Å². The van der Waals surface area contributed by atoms with Crippen LogP contribution < -0.4 is 10.1 Å². The van der Waals surface area contributed by atoms with Gasteiger partial charge in [0.05, 0.1) is 0 Å². The van der Waals surface area contributed by atoms with E-state index in [-0.39, 0.29) is 29.6 Å². The van der Waals surface area contributed by atoms with Crippen LogP contribution in [0.5, 0.6) is 5.75 Å². The van der Waals surface area contributed by atoms with E-state index in [1.54, 1.807) is 24.3 Å². The van der Waals surface area contributed by atoms with Gasteiger partial charge in [-0.1, -0.05) is 42.5 Å². The second-order valence-electron chi connectivity index (χ2n) is 10.4. The molecule has 2 fully saturated rings. The molecule has 38 heavy (non-hydrogen) atoms. The topological polar surface area (TPSA) is 44.8 Å². The van der Waals surface area contributed by atoms with Crippen molar-refractivity contribution in [3.63, 3.8) is 0 Å². The summed E-state index contributed by atoms with van der Waals surface area (Å²) in [5, 5.41) is 3.08. The summed E-state index contributed by atoms with van der Waals surface area (Å²) >= 11 is 0. The number of hydrogen-bond donors (Lipinski definition) is 1. The Kier molecular flexibility index (Phi) is 8.66. The van der Waals surface area contributed by atoms with Crippen LogP contribution in [0.15, 0.2) is 72.8 Å². The molecule has 0 radical (unpaired) electrons. The summed E-state index contributed by atoms with van der Waals surface area (Å²) in [6.07, 6.45) is 3.25. The smallest absolute Gasteiger partial charge is 0.251 e. The van der Waals surface area contributed by atoms with E-state index in [0.717, 1.165) is 70.5 Å². The summed E-state index contributed by atoms with van der Waals surface area (Å²) in [4.78, 5) is 17.5. The highest BCUT2D eigenvalue weighted by atomic mass is 19.1. The fraction of sp³-hybridized carbons (Fsp3) is 0.387. The van der Waals surface area contributed by atoms with Crippen LogP contribution in [0.3, 0.4) is 0 Å². The number of nitrogens with zero attached hydrogens (tertiary/aromatic N) is 2. The minimum Gasteiger partial charge on any atom is -0.487 e. The van der Waals surface area contributed by atoms with E-state index in [1.165, 1.54) is 23.8 Å². The summed E-state index contributed by atoms with van der Waals surface area (Å²) in [5.74, 6) is -0.797. The first-order valence-corrected chi connectivity index (χ1v) is 13.5. The minimum atomic E-state index is -0.510. The first-order chi connectivity index (χ1) is 18.5. The molecule has 0 spiro atoms. The SMILES string of the molecule is O=C(NC1CCN(Cc2ccccc2)CC1)c1ccc(OC2CCN(Cc3ccc(F)cc3)CC2)c(F)c1. The number of halogens is 2. The van der Waals surface area contributed by atoms with Crippen LogP contribution in [-0.4, -0.2) is 54.0 Å². The van der Waals surface area contributed by atoms with E-state index in [4.69, 9.17) is 4.74 Å². The number of amides is 1. The fourth-order valence-electron chi connectivity index (χ4n) is 5.30. The maximum atomic E-state index is 14.8. The van der Waals surface area contributed by atoms with E-state index in [9.17, 15) is 13.6 Å². The fourth-order valence-corrected chi connectivity index (χ4v) is 5.30. The maximum Gasteiger partial charge on any atom is 0.251 e. The van der Waals surface area contributed by atoms with Crippen molar-refractivity contribution in [1.29, 1.82) is 0 Å². The Morgan fingerprint density at radius 2 is 1.39 bits per heavy atom. The Morgan fingerprint density at radius 1 is 0.789 bits per heavy atom. The average molecular weight is 520 g/mol. The van der Waals surface area contributed by atoms with Gasteiger partial charge in [0.15, 0.2) is 11.6 Å². The van der Waals surface area contributed by atoms with Crippen LogP contribution >= 0.6 is 0 Å². The largest absolute Gasteiger partial charge is 0.487 e. The predicted molar refractivity (Wildman–Crippen MR) is 144 cm³/mol. The molecule has 2 aliphatic heterocycles. The number of piperidine rings is 2. The van der Waals surface area contributed by atoms with Gasteiger partial charge < -0.3 is 10.1 Å². The van der Waals surface area contributed by atoms with E-state index in [0.29, 0.717) is 5.56 Å². The molecule has 0 aliphatic carbocycles. The van der Waals surface area contributed by atoms with E-state index in [2.05, 4.69) is 39.4 Å². The molecule has 1 N–H and O–H groups in total. The second-order valence-corrected chi connectivity index (χ2v) is 10.4. The Morgan fingerprint density at radius 3 is 2.03 bits per heavy atom. The predicted octanol–water partition coefficient (Wildman–Crippen LogP) is 5.40. The van der Waals surface area contributed by atoms with Crippen LogP contribution in [0.1, 0.15) is 47.2 Å². The third-order valence-electron chi connectivity index (χ3n) is 7.51. The lowest BCUT2D eigenvalue weighted by Gasteiger charge is -2.32. The van der Waals surface area contributed by atoms with Crippen LogP contribution in [0.25, 0.3) is 0 Å². The monoisotopic (exact) mass is 519 g/mol. The van der Waals surface area contributed by atoms with Crippen molar-refractivity contribution in [3.05, 3.63) is 101 Å². The molecule has 5 nitrogen and oxygen atoms in total. The van der Waals surface area contributed by atoms with Crippen molar-refractivity contribution in [1.82, 2.24) is 15.1 Å². The van der Waals surface area contributed by atoms with Gasteiger partial charge in [0.1, 0.15) is 11.9 Å². The lowest BCUT2D eigenvalue weighted by Crippen LogP contribution is -2.44. The highest BCUT2D eigenvalue weighted by Crippen LogP contribution is 2.24. The molecule has 0 unspecified atom stereocenters. The molecule has 2 aliphatic rings. The summed E-state index contributed by atoms with van der Waals surface area (Å²) in [5.41, 5.74) is 2.68. The Bertz CT molecular complexity index is 1190. The quantitative estimate of drug-likeness (QED) is 0.433. The third-order valence-corrected chi connectivity index (χ3v) is 7.51. The van der Waals surface area contributed by atoms with Gasteiger partial charge in [0.25, 0.3) is 5.91 Å². The zero-order valence-electron chi connectivity index (χ0n) is 21.6. The molecule has 0 bridgehead atoms. The standard InChI is InChI=1S/C31H35F2N3O2/c32-26-9-6-24(7-10-26)22-36-18-14-28(15-19-36)38-30-11-8-25(20-29(30)33)31(37)34-27-12-16-35(17-13-27)21-23-4-2-1-3-5-23/h1-11,20,27-28H,12-19,21-22H2,(H,34,37). The summed E-state index contributed by atoms with van der Waals surface area (Å²) in [6, 6.07) is 21.5. The molecule has 1 amide bonds. The zero-order valence-corrected chi connectivity index (χ0v) is 21.6. The van der Waals surface area contributed by atoms with Gasteiger partial charge in [-0.3, -0.25) is 14.6 Å². The molecular weight excluding hydrogens is 484 g/mol. The van der Waals surface area contributed by atoms with Crippen LogP contribution in [0.4, 0.5) is 8.78 Å². The van der Waals surface area contributed by atoms with Crippen molar-refractivity contribution < 1.29 is 18.3 Å². The lowest BCUT2D eigenvalue weighted by molar-refractivity contribution is 0.0904. The molecule has 200 valence electrons. The Balaban J connectivity index is 1.06. The first-order valence-electron chi connectivity index (χ1n) is 13.5. The Labute approximate surface area is 223 Å². The summed E-state index contributed by atoms with van der Waals surface area (Å²) in [7, 11) is 0. The third kappa shape index (κ3) is 7.17. The molecule has 7 heteroatoms. The van der Waals surface area contributed by atoms with E-state index in [1.807, 2.05) is 6.07 Å². The van der Waals surface area contributed by atoms with Crippen LogP contribution in [0.2, 0.25) is 0 Å². The van der Waals surface area contributed by atoms with E-state index < -0.39 is 5.82 Å². The molecular formula is C31H35F2N3O2. The number of carbonyl (C=O) groups excluding carboxylic acids is 1. The summed E-state index contributed by atoms with van der Waals surface area (Å²) in [6.45, 7) is 5.18. The number of rotatable bonds is 8. The minimum absolute atomic E-state index is 0.0743. The number of carbonyl (C=O) groups is 1. The zero-order chi connectivity index (χ0) is 26.3. The van der Waals surface area contributed by atoms with Crippen molar-refractivity contribution in [3.8, 4) is 5.75 Å². The highest BCUT2D eigenvalue weighted by molar-refractivity contribution is 5.94. The molecule has 0 atom stereocenters. The van der Waals surface area contributed by atoms with Crippen molar-refractivity contribution >= 4 is 5.91 Å². The van der Waals surface area contributed by atoms with Crippen molar-refractivity contribution in [2.24, 2.45) is 0 Å². The molecule has 3 aromatic carbocycles. The molecule has 5 rings (SSSR count). The van der Waals surface area contributed by atoms with Gasteiger partial charge in [-0.15, -0.1) is 0 Å². The van der Waals surface area contributed by atoms with Crippen LogP contribution in [0, 0.1) is 11.6 Å². The lowest BCUT2D eigenvalue weighted by atomic mass is 10.0. The maximum absolute atomic E-state index is 14.8. The number of nitrogens with one attached hydrogen (secondary N) is 1.